The first kappa shape index (κ1) is 18.3. The maximum absolute atomic E-state index is 5.54. The average Bonchev–Trinajstić information content (AvgIpc) is 2.60. The number of piperidine rings is 2. The van der Waals surface area contributed by atoms with Crippen molar-refractivity contribution in [2.24, 2.45) is 4.99 Å². The molecular formula is C18H34N4OS. The quantitative estimate of drug-likeness (QED) is 0.598. The molecule has 138 valence electrons. The summed E-state index contributed by atoms with van der Waals surface area (Å²) in [5, 5.41) is 7.31. The minimum absolute atomic E-state index is 0.291. The highest BCUT2D eigenvalue weighted by Crippen LogP contribution is 2.34. The number of ether oxygens (including phenoxy) is 1. The molecular weight excluding hydrogens is 320 g/mol. The third-order valence-electron chi connectivity index (χ3n) is 6.32. The van der Waals surface area contributed by atoms with E-state index in [0.29, 0.717) is 10.8 Å². The Hall–Kier alpha value is -0.460. The number of nitrogens with one attached hydrogen (secondary N) is 2. The molecule has 3 aliphatic rings. The van der Waals surface area contributed by atoms with Crippen LogP contribution in [0.4, 0.5) is 0 Å². The lowest BCUT2D eigenvalue weighted by atomic mass is 9.82. The van der Waals surface area contributed by atoms with Crippen LogP contribution in [0.1, 0.15) is 44.9 Å². The Morgan fingerprint density at radius 2 is 1.92 bits per heavy atom. The summed E-state index contributed by atoms with van der Waals surface area (Å²) in [5.74, 6) is 0.975. The number of hydrogen-bond acceptors (Lipinski definition) is 4. The molecule has 2 bridgehead atoms. The zero-order valence-electron chi connectivity index (χ0n) is 15.5. The number of thioether (sulfide) groups is 1. The van der Waals surface area contributed by atoms with Crippen molar-refractivity contribution in [2.75, 3.05) is 40.1 Å². The van der Waals surface area contributed by atoms with E-state index in [4.69, 9.17) is 4.74 Å². The highest BCUT2D eigenvalue weighted by Gasteiger charge is 2.36. The van der Waals surface area contributed by atoms with Crippen LogP contribution in [0.2, 0.25) is 0 Å². The highest BCUT2D eigenvalue weighted by molar-refractivity contribution is 8.00. The van der Waals surface area contributed by atoms with Crippen molar-refractivity contribution >= 4 is 17.7 Å². The van der Waals surface area contributed by atoms with Gasteiger partial charge in [0.1, 0.15) is 0 Å². The van der Waals surface area contributed by atoms with E-state index < -0.39 is 0 Å². The van der Waals surface area contributed by atoms with Crippen molar-refractivity contribution in [3.8, 4) is 0 Å². The lowest BCUT2D eigenvalue weighted by Crippen LogP contribution is -2.57. The van der Waals surface area contributed by atoms with Crippen LogP contribution in [-0.4, -0.2) is 73.8 Å². The molecule has 2 atom stereocenters. The lowest BCUT2D eigenvalue weighted by molar-refractivity contribution is 0.0525. The summed E-state index contributed by atoms with van der Waals surface area (Å²) >= 11 is 1.97. The Bertz CT molecular complexity index is 425. The van der Waals surface area contributed by atoms with Crippen LogP contribution >= 0.6 is 11.8 Å². The standard InChI is InChI=1S/C18H34N4OS/c1-19-17(20-13-18(24-3)7-9-23-10-8-18)21-14-11-15-5-4-6-16(12-14)22(15)2/h14-16H,4-13H2,1-3H3,(H2,19,20,21). The van der Waals surface area contributed by atoms with Gasteiger partial charge < -0.3 is 20.3 Å². The van der Waals surface area contributed by atoms with Crippen LogP contribution < -0.4 is 10.6 Å². The average molecular weight is 355 g/mol. The van der Waals surface area contributed by atoms with Crippen LogP contribution in [-0.2, 0) is 4.74 Å². The van der Waals surface area contributed by atoms with Gasteiger partial charge in [-0.05, 0) is 51.8 Å². The molecule has 2 unspecified atom stereocenters. The van der Waals surface area contributed by atoms with Crippen LogP contribution in [0.5, 0.6) is 0 Å². The normalized spacial score (nSPS) is 34.0. The molecule has 2 N–H and O–H groups in total. The molecule has 5 nitrogen and oxygen atoms in total. The Morgan fingerprint density at radius 1 is 1.25 bits per heavy atom. The monoisotopic (exact) mass is 354 g/mol. The minimum Gasteiger partial charge on any atom is -0.381 e. The molecule has 0 aromatic heterocycles. The van der Waals surface area contributed by atoms with E-state index in [1.165, 1.54) is 32.1 Å². The van der Waals surface area contributed by atoms with Gasteiger partial charge in [0.15, 0.2) is 5.96 Å². The third-order valence-corrected chi connectivity index (χ3v) is 7.74. The smallest absolute Gasteiger partial charge is 0.191 e. The summed E-state index contributed by atoms with van der Waals surface area (Å²) in [6, 6.07) is 2.06. The van der Waals surface area contributed by atoms with Crippen LogP contribution in [0, 0.1) is 0 Å². The van der Waals surface area contributed by atoms with E-state index in [-0.39, 0.29) is 0 Å². The van der Waals surface area contributed by atoms with Gasteiger partial charge in [-0.15, -0.1) is 0 Å². The molecule has 24 heavy (non-hydrogen) atoms. The predicted molar refractivity (Wildman–Crippen MR) is 103 cm³/mol. The number of guanidine groups is 1. The summed E-state index contributed by atoms with van der Waals surface area (Å²) in [7, 11) is 4.20. The maximum atomic E-state index is 5.54. The Balaban J connectivity index is 1.52. The summed E-state index contributed by atoms with van der Waals surface area (Å²) in [6.45, 7) is 2.73. The maximum Gasteiger partial charge on any atom is 0.191 e. The number of nitrogens with zero attached hydrogens (tertiary/aromatic N) is 2. The van der Waals surface area contributed by atoms with Crippen molar-refractivity contribution in [1.29, 1.82) is 0 Å². The summed E-state index contributed by atoms with van der Waals surface area (Å²) in [4.78, 5) is 7.10. The number of rotatable bonds is 4. The molecule has 3 heterocycles. The first-order valence-corrected chi connectivity index (χ1v) is 10.7. The molecule has 3 rings (SSSR count). The zero-order valence-corrected chi connectivity index (χ0v) is 16.3. The largest absolute Gasteiger partial charge is 0.381 e. The molecule has 3 saturated heterocycles. The Morgan fingerprint density at radius 3 is 2.50 bits per heavy atom. The first-order valence-electron chi connectivity index (χ1n) is 9.48. The van der Waals surface area contributed by atoms with Gasteiger partial charge in [-0.3, -0.25) is 4.99 Å². The van der Waals surface area contributed by atoms with Crippen LogP contribution in [0.25, 0.3) is 0 Å². The molecule has 3 fully saturated rings. The molecule has 0 aromatic carbocycles. The van der Waals surface area contributed by atoms with Crippen molar-refractivity contribution in [3.63, 3.8) is 0 Å². The second-order valence-electron chi connectivity index (χ2n) is 7.64. The Labute approximate surface area is 151 Å². The van der Waals surface area contributed by atoms with E-state index >= 15 is 0 Å². The van der Waals surface area contributed by atoms with Gasteiger partial charge in [-0.2, -0.15) is 11.8 Å². The second kappa shape index (κ2) is 8.28. The number of fused-ring (bicyclic) bond motifs is 2. The van der Waals surface area contributed by atoms with Crippen molar-refractivity contribution in [2.45, 2.75) is 67.8 Å². The van der Waals surface area contributed by atoms with Gasteiger partial charge in [0.2, 0.25) is 0 Å². The van der Waals surface area contributed by atoms with E-state index in [9.17, 15) is 0 Å². The molecule has 0 saturated carbocycles. The van der Waals surface area contributed by atoms with Gasteiger partial charge in [0.05, 0.1) is 0 Å². The fourth-order valence-corrected chi connectivity index (χ4v) is 5.35. The molecule has 0 radical (unpaired) electrons. The van der Waals surface area contributed by atoms with Crippen molar-refractivity contribution < 1.29 is 4.74 Å². The van der Waals surface area contributed by atoms with Crippen molar-refractivity contribution in [1.82, 2.24) is 15.5 Å². The van der Waals surface area contributed by atoms with E-state index in [1.54, 1.807) is 0 Å². The molecule has 6 heteroatoms. The summed E-state index contributed by atoms with van der Waals surface area (Å²) in [5.41, 5.74) is 0. The van der Waals surface area contributed by atoms with Gasteiger partial charge >= 0.3 is 0 Å². The zero-order chi connectivity index (χ0) is 17.0. The molecule has 0 aliphatic carbocycles. The van der Waals surface area contributed by atoms with E-state index in [2.05, 4.69) is 33.8 Å². The minimum atomic E-state index is 0.291. The predicted octanol–water partition coefficient (Wildman–Crippen LogP) is 2.08. The first-order chi connectivity index (χ1) is 11.7. The lowest BCUT2D eigenvalue weighted by Gasteiger charge is -2.47. The van der Waals surface area contributed by atoms with Gasteiger partial charge in [-0.25, -0.2) is 0 Å². The van der Waals surface area contributed by atoms with Crippen LogP contribution in [0.15, 0.2) is 4.99 Å². The summed E-state index contributed by atoms with van der Waals surface area (Å²) in [6.07, 6.45) is 11.1. The van der Waals surface area contributed by atoms with Gasteiger partial charge in [-0.1, -0.05) is 6.42 Å². The SMILES string of the molecule is CN=C(NCC1(SC)CCOCC1)NC1CC2CCCC(C1)N2C. The van der Waals surface area contributed by atoms with E-state index in [0.717, 1.165) is 50.6 Å². The highest BCUT2D eigenvalue weighted by atomic mass is 32.2. The van der Waals surface area contributed by atoms with E-state index in [1.807, 2.05) is 18.8 Å². The summed E-state index contributed by atoms with van der Waals surface area (Å²) < 4.78 is 5.83. The van der Waals surface area contributed by atoms with Crippen LogP contribution in [0.3, 0.4) is 0 Å². The molecule has 0 amide bonds. The number of aliphatic imine (C=N–C) groups is 1. The fourth-order valence-electron chi connectivity index (χ4n) is 4.56. The van der Waals surface area contributed by atoms with Gasteiger partial charge in [0, 0.05) is 49.7 Å². The fraction of sp³-hybridized carbons (Fsp3) is 0.944. The number of hydrogen-bond donors (Lipinski definition) is 2. The van der Waals surface area contributed by atoms with Crippen molar-refractivity contribution in [3.05, 3.63) is 0 Å². The van der Waals surface area contributed by atoms with Gasteiger partial charge in [0.25, 0.3) is 0 Å². The Kier molecular flexibility index (Phi) is 6.33. The third kappa shape index (κ3) is 4.20. The molecule has 0 aromatic rings. The topological polar surface area (TPSA) is 48.9 Å². The molecule has 3 aliphatic heterocycles. The molecule has 0 spiro atoms. The second-order valence-corrected chi connectivity index (χ2v) is 8.92.